The summed E-state index contributed by atoms with van der Waals surface area (Å²) in [5.41, 5.74) is 7.29. The smallest absolute Gasteiger partial charge is 0.253 e. The fourth-order valence-electron chi connectivity index (χ4n) is 2.23. The number of carbonyl (C=O) groups excluding carboxylic acids is 1. The van der Waals surface area contributed by atoms with Crippen LogP contribution in [0.15, 0.2) is 18.2 Å². The number of nitrogens with zero attached hydrogens (tertiary/aromatic N) is 2. The first-order valence-corrected chi connectivity index (χ1v) is 7.44. The molecule has 1 heterocycles. The zero-order valence-corrected chi connectivity index (χ0v) is 11.7. The Morgan fingerprint density at radius 1 is 1.53 bits per heavy atom. The molecule has 1 aromatic heterocycles. The maximum atomic E-state index is 12.5. The summed E-state index contributed by atoms with van der Waals surface area (Å²) in [6.45, 7) is 3.68. The number of carbonyl (C=O) groups is 1. The second-order valence-corrected chi connectivity index (χ2v) is 6.08. The molecule has 5 heteroatoms. The Kier molecular flexibility index (Phi) is 3.14. The first kappa shape index (κ1) is 12.4. The highest BCUT2D eigenvalue weighted by Gasteiger charge is 2.26. The molecule has 2 aromatic rings. The monoisotopic (exact) mass is 275 g/mol. The second-order valence-electron chi connectivity index (χ2n) is 5.02. The third-order valence-electron chi connectivity index (χ3n) is 3.50. The van der Waals surface area contributed by atoms with Gasteiger partial charge >= 0.3 is 0 Å². The van der Waals surface area contributed by atoms with Gasteiger partial charge in [0.05, 0.1) is 10.2 Å². The zero-order chi connectivity index (χ0) is 13.4. The summed E-state index contributed by atoms with van der Waals surface area (Å²) in [6, 6.07) is 5.63. The summed E-state index contributed by atoms with van der Waals surface area (Å²) in [5.74, 6) is 0.829. The molecule has 0 aliphatic heterocycles. The summed E-state index contributed by atoms with van der Waals surface area (Å²) in [6.07, 6.45) is 2.52. The molecule has 0 atom stereocenters. The third-order valence-corrected chi connectivity index (χ3v) is 4.34. The average molecular weight is 275 g/mol. The van der Waals surface area contributed by atoms with Gasteiger partial charge in [-0.15, -0.1) is 0 Å². The van der Waals surface area contributed by atoms with Crippen LogP contribution in [-0.4, -0.2) is 28.9 Å². The van der Waals surface area contributed by atoms with Crippen LogP contribution in [0.4, 0.5) is 5.13 Å². The molecule has 0 saturated heterocycles. The molecular weight excluding hydrogens is 258 g/mol. The molecule has 1 amide bonds. The van der Waals surface area contributed by atoms with Crippen LogP contribution in [0.3, 0.4) is 0 Å². The summed E-state index contributed by atoms with van der Waals surface area (Å²) >= 11 is 1.43. The van der Waals surface area contributed by atoms with Crippen molar-refractivity contribution >= 4 is 32.6 Å². The first-order valence-electron chi connectivity index (χ1n) is 6.62. The fourth-order valence-corrected chi connectivity index (χ4v) is 3.00. The minimum absolute atomic E-state index is 0.114. The quantitative estimate of drug-likeness (QED) is 0.933. The van der Waals surface area contributed by atoms with E-state index in [1.54, 1.807) is 0 Å². The van der Waals surface area contributed by atoms with Crippen molar-refractivity contribution in [1.29, 1.82) is 0 Å². The fraction of sp³-hybridized carbons (Fsp3) is 0.429. The van der Waals surface area contributed by atoms with Crippen molar-refractivity contribution in [2.75, 3.05) is 18.8 Å². The Labute approximate surface area is 116 Å². The van der Waals surface area contributed by atoms with E-state index in [4.69, 9.17) is 5.73 Å². The summed E-state index contributed by atoms with van der Waals surface area (Å²) < 4.78 is 0.978. The van der Waals surface area contributed by atoms with Crippen molar-refractivity contribution in [3.8, 4) is 0 Å². The van der Waals surface area contributed by atoms with Gasteiger partial charge in [-0.25, -0.2) is 4.98 Å². The van der Waals surface area contributed by atoms with E-state index >= 15 is 0 Å². The van der Waals surface area contributed by atoms with E-state index in [1.807, 2.05) is 30.0 Å². The van der Waals surface area contributed by atoms with E-state index in [1.165, 1.54) is 24.2 Å². The number of anilines is 1. The van der Waals surface area contributed by atoms with Crippen molar-refractivity contribution in [2.45, 2.75) is 19.8 Å². The van der Waals surface area contributed by atoms with Gasteiger partial charge in [-0.05, 0) is 43.9 Å². The van der Waals surface area contributed by atoms with E-state index in [0.29, 0.717) is 11.0 Å². The molecule has 1 aliphatic carbocycles. The third kappa shape index (κ3) is 2.56. The normalized spacial score (nSPS) is 14.8. The highest BCUT2D eigenvalue weighted by atomic mass is 32.1. The van der Waals surface area contributed by atoms with Crippen LogP contribution >= 0.6 is 11.3 Å². The predicted octanol–water partition coefficient (Wildman–Crippen LogP) is 2.75. The molecule has 0 bridgehead atoms. The maximum Gasteiger partial charge on any atom is 0.253 e. The van der Waals surface area contributed by atoms with E-state index in [9.17, 15) is 4.79 Å². The van der Waals surface area contributed by atoms with Gasteiger partial charge in [0.25, 0.3) is 5.91 Å². The van der Waals surface area contributed by atoms with Gasteiger partial charge in [0, 0.05) is 18.7 Å². The molecule has 100 valence electrons. The van der Waals surface area contributed by atoms with Gasteiger partial charge < -0.3 is 10.6 Å². The first-order chi connectivity index (χ1) is 9.17. The molecule has 1 aliphatic rings. The topological polar surface area (TPSA) is 59.2 Å². The Morgan fingerprint density at radius 2 is 2.32 bits per heavy atom. The Morgan fingerprint density at radius 3 is 3.00 bits per heavy atom. The van der Waals surface area contributed by atoms with Crippen LogP contribution in [0.25, 0.3) is 10.2 Å². The maximum absolute atomic E-state index is 12.5. The van der Waals surface area contributed by atoms with Crippen LogP contribution in [0, 0.1) is 5.92 Å². The zero-order valence-electron chi connectivity index (χ0n) is 10.9. The van der Waals surface area contributed by atoms with Gasteiger partial charge in [0.15, 0.2) is 5.13 Å². The molecule has 1 fully saturated rings. The molecule has 3 rings (SSSR count). The van der Waals surface area contributed by atoms with Gasteiger partial charge in [-0.1, -0.05) is 11.3 Å². The molecule has 0 unspecified atom stereocenters. The molecule has 1 saturated carbocycles. The number of amides is 1. The minimum atomic E-state index is 0.114. The number of nitrogens with two attached hydrogens (primary N) is 1. The lowest BCUT2D eigenvalue weighted by atomic mass is 10.2. The predicted molar refractivity (Wildman–Crippen MR) is 78.3 cm³/mol. The van der Waals surface area contributed by atoms with Gasteiger partial charge in [0.1, 0.15) is 0 Å². The van der Waals surface area contributed by atoms with E-state index in [0.717, 1.165) is 28.9 Å². The van der Waals surface area contributed by atoms with Crippen LogP contribution < -0.4 is 5.73 Å². The second kappa shape index (κ2) is 4.81. The van der Waals surface area contributed by atoms with E-state index in [2.05, 4.69) is 4.98 Å². The van der Waals surface area contributed by atoms with Crippen molar-refractivity contribution in [3.05, 3.63) is 23.8 Å². The number of rotatable bonds is 4. The van der Waals surface area contributed by atoms with Crippen LogP contribution in [0.5, 0.6) is 0 Å². The summed E-state index contributed by atoms with van der Waals surface area (Å²) in [4.78, 5) is 18.6. The van der Waals surface area contributed by atoms with Crippen LogP contribution in [0.1, 0.15) is 30.1 Å². The standard InChI is InChI=1S/C14H17N3OS/c1-2-17(8-9-3-4-9)13(18)10-5-6-11-12(7-10)19-14(15)16-11/h5-7,9H,2-4,8H2,1H3,(H2,15,16). The largest absolute Gasteiger partial charge is 0.375 e. The van der Waals surface area contributed by atoms with Crippen molar-refractivity contribution < 1.29 is 4.79 Å². The van der Waals surface area contributed by atoms with Crippen molar-refractivity contribution in [3.63, 3.8) is 0 Å². The van der Waals surface area contributed by atoms with E-state index < -0.39 is 0 Å². The van der Waals surface area contributed by atoms with Crippen molar-refractivity contribution in [1.82, 2.24) is 9.88 Å². The number of hydrogen-bond donors (Lipinski definition) is 1. The number of fused-ring (bicyclic) bond motifs is 1. The lowest BCUT2D eigenvalue weighted by Gasteiger charge is -2.20. The number of thiazole rings is 1. The Balaban J connectivity index is 1.86. The molecule has 4 nitrogen and oxygen atoms in total. The number of nitrogen functional groups attached to an aromatic ring is 1. The molecule has 1 aromatic carbocycles. The summed E-state index contributed by atoms with van der Waals surface area (Å²) in [7, 11) is 0. The number of benzene rings is 1. The van der Waals surface area contributed by atoms with Gasteiger partial charge in [-0.3, -0.25) is 4.79 Å². The summed E-state index contributed by atoms with van der Waals surface area (Å²) in [5, 5.41) is 0.546. The highest BCUT2D eigenvalue weighted by molar-refractivity contribution is 7.22. The SMILES string of the molecule is CCN(CC1CC1)C(=O)c1ccc2nc(N)sc2c1. The Hall–Kier alpha value is -1.62. The molecule has 19 heavy (non-hydrogen) atoms. The number of hydrogen-bond acceptors (Lipinski definition) is 4. The Bertz CT molecular complexity index is 618. The van der Waals surface area contributed by atoms with E-state index in [-0.39, 0.29) is 5.91 Å². The van der Waals surface area contributed by atoms with Crippen LogP contribution in [0.2, 0.25) is 0 Å². The molecule has 0 radical (unpaired) electrons. The van der Waals surface area contributed by atoms with Gasteiger partial charge in [0.2, 0.25) is 0 Å². The number of aromatic nitrogens is 1. The van der Waals surface area contributed by atoms with Crippen LogP contribution in [-0.2, 0) is 0 Å². The average Bonchev–Trinajstić information content (AvgIpc) is 3.14. The molecular formula is C14H17N3OS. The lowest BCUT2D eigenvalue weighted by molar-refractivity contribution is 0.0757. The van der Waals surface area contributed by atoms with Gasteiger partial charge in [-0.2, -0.15) is 0 Å². The van der Waals surface area contributed by atoms with Crippen molar-refractivity contribution in [2.24, 2.45) is 5.92 Å². The molecule has 2 N–H and O–H groups in total. The minimum Gasteiger partial charge on any atom is -0.375 e. The molecule has 0 spiro atoms. The lowest BCUT2D eigenvalue weighted by Crippen LogP contribution is -2.32. The highest BCUT2D eigenvalue weighted by Crippen LogP contribution is 2.30.